The highest BCUT2D eigenvalue weighted by molar-refractivity contribution is 9.10. The third-order valence-corrected chi connectivity index (χ3v) is 5.22. The second-order valence-corrected chi connectivity index (χ2v) is 6.77. The summed E-state index contributed by atoms with van der Waals surface area (Å²) in [5.41, 5.74) is 2.78. The zero-order valence-electron chi connectivity index (χ0n) is 12.1. The van der Waals surface area contributed by atoms with Crippen molar-refractivity contribution in [3.63, 3.8) is 0 Å². The van der Waals surface area contributed by atoms with Crippen molar-refractivity contribution in [2.45, 2.75) is 39.0 Å². The van der Waals surface area contributed by atoms with Crippen LogP contribution in [-0.4, -0.2) is 13.1 Å². The van der Waals surface area contributed by atoms with E-state index in [1.54, 1.807) is 5.57 Å². The van der Waals surface area contributed by atoms with Crippen molar-refractivity contribution in [1.82, 2.24) is 5.32 Å². The van der Waals surface area contributed by atoms with Crippen LogP contribution in [0.1, 0.15) is 44.6 Å². The molecule has 1 aromatic carbocycles. The predicted octanol–water partition coefficient (Wildman–Crippen LogP) is 5.68. The van der Waals surface area contributed by atoms with Gasteiger partial charge in [0.1, 0.15) is 0 Å². The predicted molar refractivity (Wildman–Crippen MR) is 92.2 cm³/mol. The highest BCUT2D eigenvalue weighted by atomic mass is 79.9. The largest absolute Gasteiger partial charge is 0.313 e. The minimum Gasteiger partial charge on any atom is -0.313 e. The summed E-state index contributed by atoms with van der Waals surface area (Å²) in [4.78, 5) is 0. The van der Waals surface area contributed by atoms with Gasteiger partial charge in [-0.2, -0.15) is 0 Å². The first-order chi connectivity index (χ1) is 9.70. The van der Waals surface area contributed by atoms with Gasteiger partial charge in [0.15, 0.2) is 0 Å². The molecule has 1 aromatic rings. The van der Waals surface area contributed by atoms with E-state index in [2.05, 4.69) is 46.4 Å². The molecule has 1 aliphatic rings. The third kappa shape index (κ3) is 4.61. The molecule has 0 unspecified atom stereocenters. The molecule has 0 aliphatic heterocycles. The van der Waals surface area contributed by atoms with Crippen LogP contribution in [0, 0.1) is 5.92 Å². The van der Waals surface area contributed by atoms with E-state index < -0.39 is 0 Å². The first kappa shape index (κ1) is 16.1. The molecule has 1 N–H and O–H groups in total. The van der Waals surface area contributed by atoms with Crippen LogP contribution in [-0.2, 0) is 0 Å². The topological polar surface area (TPSA) is 12.0 Å². The molecule has 20 heavy (non-hydrogen) atoms. The number of halogens is 2. The van der Waals surface area contributed by atoms with Gasteiger partial charge in [-0.25, -0.2) is 0 Å². The van der Waals surface area contributed by atoms with Crippen LogP contribution in [0.15, 0.2) is 28.2 Å². The average molecular weight is 357 g/mol. The maximum atomic E-state index is 6.07. The van der Waals surface area contributed by atoms with Gasteiger partial charge in [0.2, 0.25) is 0 Å². The molecule has 0 heterocycles. The highest BCUT2D eigenvalue weighted by Gasteiger charge is 2.17. The van der Waals surface area contributed by atoms with Crippen molar-refractivity contribution in [2.75, 3.05) is 13.1 Å². The lowest BCUT2D eigenvalue weighted by atomic mass is 9.83. The number of rotatable bonds is 5. The van der Waals surface area contributed by atoms with Crippen molar-refractivity contribution in [2.24, 2.45) is 5.92 Å². The maximum absolute atomic E-state index is 6.07. The molecule has 1 saturated carbocycles. The third-order valence-electron chi connectivity index (χ3n) is 4.00. The van der Waals surface area contributed by atoms with Crippen LogP contribution in [0.4, 0.5) is 0 Å². The summed E-state index contributed by atoms with van der Waals surface area (Å²) in [6.45, 7) is 4.19. The Bertz CT molecular complexity index is 464. The van der Waals surface area contributed by atoms with Crippen molar-refractivity contribution >= 4 is 33.6 Å². The summed E-state index contributed by atoms with van der Waals surface area (Å²) in [5, 5.41) is 4.26. The fourth-order valence-electron chi connectivity index (χ4n) is 2.87. The summed E-state index contributed by atoms with van der Waals surface area (Å²) in [6.07, 6.45) is 9.17. The molecule has 3 heteroatoms. The van der Waals surface area contributed by atoms with Gasteiger partial charge in [-0.3, -0.25) is 0 Å². The minimum absolute atomic E-state index is 0.747. The molecule has 1 fully saturated rings. The van der Waals surface area contributed by atoms with Crippen LogP contribution >= 0.6 is 27.5 Å². The van der Waals surface area contributed by atoms with E-state index in [9.17, 15) is 0 Å². The Labute approximate surface area is 135 Å². The van der Waals surface area contributed by atoms with Gasteiger partial charge in [-0.1, -0.05) is 55.5 Å². The lowest BCUT2D eigenvalue weighted by molar-refractivity contribution is 0.397. The van der Waals surface area contributed by atoms with E-state index in [4.69, 9.17) is 11.6 Å². The van der Waals surface area contributed by atoms with Gasteiger partial charge >= 0.3 is 0 Å². The zero-order chi connectivity index (χ0) is 14.4. The van der Waals surface area contributed by atoms with E-state index in [0.29, 0.717) is 0 Å². The number of hydrogen-bond acceptors (Lipinski definition) is 1. The Balaban J connectivity index is 2.19. The first-order valence-electron chi connectivity index (χ1n) is 7.57. The number of hydrogen-bond donors (Lipinski definition) is 1. The smallest absolute Gasteiger partial charge is 0.0548 e. The first-order valence-corrected chi connectivity index (χ1v) is 8.74. The van der Waals surface area contributed by atoms with Gasteiger partial charge in [0, 0.05) is 11.0 Å². The summed E-state index contributed by atoms with van der Waals surface area (Å²) >= 11 is 9.58. The van der Waals surface area contributed by atoms with E-state index in [1.165, 1.54) is 37.7 Å². The lowest BCUT2D eigenvalue weighted by Crippen LogP contribution is -2.22. The number of likely N-dealkylation sites (N-methyl/N-ethyl adjacent to an activating group) is 1. The van der Waals surface area contributed by atoms with Gasteiger partial charge in [0.25, 0.3) is 0 Å². The van der Waals surface area contributed by atoms with E-state index >= 15 is 0 Å². The fraction of sp³-hybridized carbons (Fsp3) is 0.529. The molecule has 0 spiro atoms. The standard InChI is InChI=1S/C17H23BrClN/c1-2-20-12-15(14-6-4-3-5-7-14)10-13-8-9-17(19)16(18)11-13/h8-11,14,20H,2-7,12H2,1H3/b15-10-. The molecule has 1 aliphatic carbocycles. The molecule has 110 valence electrons. The highest BCUT2D eigenvalue weighted by Crippen LogP contribution is 2.31. The molecular weight excluding hydrogens is 334 g/mol. The zero-order valence-corrected chi connectivity index (χ0v) is 14.4. The number of benzene rings is 1. The molecule has 0 bridgehead atoms. The molecule has 1 nitrogen and oxygen atoms in total. The minimum atomic E-state index is 0.747. The molecular formula is C17H23BrClN. The molecule has 0 amide bonds. The van der Waals surface area contributed by atoms with Gasteiger partial charge in [0.05, 0.1) is 5.02 Å². The van der Waals surface area contributed by atoms with E-state index in [-0.39, 0.29) is 0 Å². The van der Waals surface area contributed by atoms with Crippen LogP contribution < -0.4 is 5.32 Å². The van der Waals surface area contributed by atoms with Gasteiger partial charge in [-0.05, 0) is 58.9 Å². The van der Waals surface area contributed by atoms with E-state index in [1.807, 2.05) is 6.07 Å². The molecule has 0 saturated heterocycles. The number of nitrogens with one attached hydrogen (secondary N) is 1. The van der Waals surface area contributed by atoms with Gasteiger partial charge < -0.3 is 5.32 Å². The van der Waals surface area contributed by atoms with Crippen LogP contribution in [0.25, 0.3) is 6.08 Å². The van der Waals surface area contributed by atoms with Gasteiger partial charge in [-0.15, -0.1) is 0 Å². The molecule has 0 aromatic heterocycles. The monoisotopic (exact) mass is 355 g/mol. The summed E-state index contributed by atoms with van der Waals surface area (Å²) < 4.78 is 0.972. The summed E-state index contributed by atoms with van der Waals surface area (Å²) in [7, 11) is 0. The lowest BCUT2D eigenvalue weighted by Gasteiger charge is -2.25. The van der Waals surface area contributed by atoms with Crippen molar-refractivity contribution < 1.29 is 0 Å². The van der Waals surface area contributed by atoms with Crippen molar-refractivity contribution in [1.29, 1.82) is 0 Å². The SMILES string of the molecule is CCNC/C(=C/c1ccc(Cl)c(Br)c1)C1CCCCC1. The summed E-state index contributed by atoms with van der Waals surface area (Å²) in [5.74, 6) is 0.747. The Morgan fingerprint density at radius 3 is 2.75 bits per heavy atom. The maximum Gasteiger partial charge on any atom is 0.0548 e. The summed E-state index contributed by atoms with van der Waals surface area (Å²) in [6, 6.07) is 6.17. The Morgan fingerprint density at radius 1 is 1.35 bits per heavy atom. The molecule has 2 rings (SSSR count). The second-order valence-electron chi connectivity index (χ2n) is 5.51. The van der Waals surface area contributed by atoms with Crippen LogP contribution in [0.3, 0.4) is 0 Å². The quantitative estimate of drug-likeness (QED) is 0.716. The second kappa shape index (κ2) is 8.21. The molecule has 0 radical (unpaired) electrons. The van der Waals surface area contributed by atoms with Crippen LogP contribution in [0.5, 0.6) is 0 Å². The van der Waals surface area contributed by atoms with Crippen molar-refractivity contribution in [3.05, 3.63) is 38.8 Å². The Hall–Kier alpha value is -0.310. The van der Waals surface area contributed by atoms with Crippen LogP contribution in [0.2, 0.25) is 5.02 Å². The average Bonchev–Trinajstić information content (AvgIpc) is 2.48. The normalized spacial score (nSPS) is 17.4. The van der Waals surface area contributed by atoms with Crippen molar-refractivity contribution in [3.8, 4) is 0 Å². The fourth-order valence-corrected chi connectivity index (χ4v) is 3.39. The Kier molecular flexibility index (Phi) is 6.60. The Morgan fingerprint density at radius 2 is 2.10 bits per heavy atom. The van der Waals surface area contributed by atoms with E-state index in [0.717, 1.165) is 28.5 Å². The molecule has 0 atom stereocenters.